The van der Waals surface area contributed by atoms with E-state index in [4.69, 9.17) is 23.7 Å². The van der Waals surface area contributed by atoms with Gasteiger partial charge < -0.3 is 28.6 Å². The summed E-state index contributed by atoms with van der Waals surface area (Å²) in [5, 5.41) is 0. The third-order valence-corrected chi connectivity index (χ3v) is 4.01. The molecule has 0 aromatic rings. The second-order valence-electron chi connectivity index (χ2n) is 6.75. The third kappa shape index (κ3) is 4.56. The summed E-state index contributed by atoms with van der Waals surface area (Å²) in [6, 6.07) is 0. The van der Waals surface area contributed by atoms with E-state index < -0.39 is 11.6 Å². The van der Waals surface area contributed by atoms with Crippen molar-refractivity contribution in [3.8, 4) is 0 Å². The van der Waals surface area contributed by atoms with Crippen LogP contribution in [0.15, 0.2) is 0 Å². The fraction of sp³-hybridized carbons (Fsp3) is 0.938. The molecule has 0 spiro atoms. The van der Waals surface area contributed by atoms with E-state index >= 15 is 0 Å². The standard InChI is InChI=1S/C16H29NO6/c1-7-17(8-2)14(18)19-9-11-13(23-16(5,6)22-11)12-10-20-15(3,4)21-12/h11-13H,7-10H2,1-6H3/t11-,12+,13+/m0/s1. The lowest BCUT2D eigenvalue weighted by atomic mass is 10.1. The van der Waals surface area contributed by atoms with Gasteiger partial charge in [0.2, 0.25) is 0 Å². The molecule has 0 unspecified atom stereocenters. The molecule has 2 fully saturated rings. The zero-order valence-electron chi connectivity index (χ0n) is 15.0. The van der Waals surface area contributed by atoms with Gasteiger partial charge in [-0.2, -0.15) is 0 Å². The van der Waals surface area contributed by atoms with Crippen molar-refractivity contribution in [3.05, 3.63) is 0 Å². The second-order valence-corrected chi connectivity index (χ2v) is 6.75. The van der Waals surface area contributed by atoms with E-state index in [1.807, 2.05) is 41.5 Å². The minimum absolute atomic E-state index is 0.129. The predicted octanol–water partition coefficient (Wildman–Crippen LogP) is 2.14. The molecular weight excluding hydrogens is 302 g/mol. The highest BCUT2D eigenvalue weighted by Crippen LogP contribution is 2.35. The van der Waals surface area contributed by atoms with Crippen LogP contribution in [0.3, 0.4) is 0 Å². The molecule has 2 rings (SSSR count). The predicted molar refractivity (Wildman–Crippen MR) is 83.0 cm³/mol. The molecule has 0 saturated carbocycles. The molecule has 2 saturated heterocycles. The molecule has 2 aliphatic rings. The maximum atomic E-state index is 12.0. The van der Waals surface area contributed by atoms with Crippen molar-refractivity contribution in [1.82, 2.24) is 4.90 Å². The Bertz CT molecular complexity index is 421. The molecule has 3 atom stereocenters. The number of rotatable bonds is 5. The van der Waals surface area contributed by atoms with Gasteiger partial charge in [0.25, 0.3) is 0 Å². The van der Waals surface area contributed by atoms with Crippen molar-refractivity contribution in [2.45, 2.75) is 71.4 Å². The Morgan fingerprint density at radius 3 is 2.26 bits per heavy atom. The average molecular weight is 331 g/mol. The SMILES string of the molecule is CCN(CC)C(=O)OC[C@@H]1OC(C)(C)O[C@H]1[C@H]1COC(C)(C)O1. The molecule has 0 radical (unpaired) electrons. The summed E-state index contributed by atoms with van der Waals surface area (Å²) in [5.41, 5.74) is 0. The Labute approximate surface area is 138 Å². The maximum absolute atomic E-state index is 12.0. The van der Waals surface area contributed by atoms with Crippen LogP contribution in [0.4, 0.5) is 4.79 Å². The zero-order valence-corrected chi connectivity index (χ0v) is 15.0. The van der Waals surface area contributed by atoms with Crippen molar-refractivity contribution < 1.29 is 28.5 Å². The van der Waals surface area contributed by atoms with Crippen molar-refractivity contribution in [2.24, 2.45) is 0 Å². The van der Waals surface area contributed by atoms with E-state index in [1.54, 1.807) is 4.90 Å². The first-order chi connectivity index (χ1) is 10.7. The number of nitrogens with zero attached hydrogens (tertiary/aromatic N) is 1. The first-order valence-corrected chi connectivity index (χ1v) is 8.26. The van der Waals surface area contributed by atoms with Crippen LogP contribution >= 0.6 is 0 Å². The molecule has 2 heterocycles. The van der Waals surface area contributed by atoms with E-state index in [0.29, 0.717) is 19.7 Å². The lowest BCUT2D eigenvalue weighted by Gasteiger charge is -2.24. The summed E-state index contributed by atoms with van der Waals surface area (Å²) in [6.45, 7) is 13.0. The molecule has 0 aromatic heterocycles. The molecule has 7 nitrogen and oxygen atoms in total. The van der Waals surface area contributed by atoms with Crippen molar-refractivity contribution in [2.75, 3.05) is 26.3 Å². The Morgan fingerprint density at radius 1 is 1.09 bits per heavy atom. The van der Waals surface area contributed by atoms with E-state index in [2.05, 4.69) is 0 Å². The molecule has 23 heavy (non-hydrogen) atoms. The number of ether oxygens (including phenoxy) is 5. The number of carbonyl (C=O) groups excluding carboxylic acids is 1. The van der Waals surface area contributed by atoms with E-state index in [1.165, 1.54) is 0 Å². The van der Waals surface area contributed by atoms with E-state index in [9.17, 15) is 4.79 Å². The molecule has 7 heteroatoms. The lowest BCUT2D eigenvalue weighted by molar-refractivity contribution is -0.175. The highest BCUT2D eigenvalue weighted by molar-refractivity contribution is 5.67. The second kappa shape index (κ2) is 6.93. The molecule has 0 bridgehead atoms. The fourth-order valence-electron chi connectivity index (χ4n) is 2.91. The largest absolute Gasteiger partial charge is 0.447 e. The topological polar surface area (TPSA) is 66.5 Å². The quantitative estimate of drug-likeness (QED) is 0.769. The minimum Gasteiger partial charge on any atom is -0.447 e. The van der Waals surface area contributed by atoms with Gasteiger partial charge >= 0.3 is 6.09 Å². The zero-order chi connectivity index (χ0) is 17.3. The van der Waals surface area contributed by atoms with Gasteiger partial charge in [-0.25, -0.2) is 4.79 Å². The summed E-state index contributed by atoms with van der Waals surface area (Å²) in [5.74, 6) is -1.38. The van der Waals surface area contributed by atoms with Crippen molar-refractivity contribution in [3.63, 3.8) is 0 Å². The molecular formula is C16H29NO6. The maximum Gasteiger partial charge on any atom is 0.409 e. The van der Waals surface area contributed by atoms with Gasteiger partial charge in [0.15, 0.2) is 11.6 Å². The van der Waals surface area contributed by atoms with Crippen LogP contribution in [0.5, 0.6) is 0 Å². The van der Waals surface area contributed by atoms with Crippen LogP contribution in [0, 0.1) is 0 Å². The number of amides is 1. The van der Waals surface area contributed by atoms with Gasteiger partial charge in [0.05, 0.1) is 6.61 Å². The van der Waals surface area contributed by atoms with E-state index in [0.717, 1.165) is 0 Å². The first kappa shape index (κ1) is 18.4. The lowest BCUT2D eigenvalue weighted by Crippen LogP contribution is -2.41. The van der Waals surface area contributed by atoms with Crippen LogP contribution < -0.4 is 0 Å². The molecule has 1 amide bonds. The minimum atomic E-state index is -0.743. The number of hydrogen-bond donors (Lipinski definition) is 0. The molecule has 2 aliphatic heterocycles. The summed E-state index contributed by atoms with van der Waals surface area (Å²) in [6.07, 6.45) is -1.31. The van der Waals surface area contributed by atoms with Crippen molar-refractivity contribution >= 4 is 6.09 Å². The Balaban J connectivity index is 1.96. The summed E-state index contributed by atoms with van der Waals surface area (Å²) >= 11 is 0. The van der Waals surface area contributed by atoms with Crippen LogP contribution in [0.1, 0.15) is 41.5 Å². The summed E-state index contributed by atoms with van der Waals surface area (Å²) in [7, 11) is 0. The van der Waals surface area contributed by atoms with Crippen LogP contribution in [-0.4, -0.2) is 67.2 Å². The number of carbonyl (C=O) groups is 1. The molecule has 134 valence electrons. The van der Waals surface area contributed by atoms with E-state index in [-0.39, 0.29) is 31.0 Å². The Hall–Kier alpha value is -0.890. The highest BCUT2D eigenvalue weighted by Gasteiger charge is 2.50. The van der Waals surface area contributed by atoms with Gasteiger partial charge in [-0.1, -0.05) is 0 Å². The summed E-state index contributed by atoms with van der Waals surface area (Å²) in [4.78, 5) is 13.6. The normalized spacial score (nSPS) is 32.0. The van der Waals surface area contributed by atoms with Gasteiger partial charge in [-0.15, -0.1) is 0 Å². The van der Waals surface area contributed by atoms with Gasteiger partial charge in [-0.05, 0) is 41.5 Å². The highest BCUT2D eigenvalue weighted by atomic mass is 16.8. The number of hydrogen-bond acceptors (Lipinski definition) is 6. The van der Waals surface area contributed by atoms with Gasteiger partial charge in [-0.3, -0.25) is 0 Å². The van der Waals surface area contributed by atoms with Gasteiger partial charge in [0.1, 0.15) is 24.9 Å². The molecule has 0 aliphatic carbocycles. The van der Waals surface area contributed by atoms with Crippen LogP contribution in [-0.2, 0) is 23.7 Å². The smallest absolute Gasteiger partial charge is 0.409 e. The third-order valence-electron chi connectivity index (χ3n) is 4.01. The first-order valence-electron chi connectivity index (χ1n) is 8.26. The Kier molecular flexibility index (Phi) is 5.56. The monoisotopic (exact) mass is 331 g/mol. The Morgan fingerprint density at radius 2 is 1.74 bits per heavy atom. The van der Waals surface area contributed by atoms with Gasteiger partial charge in [0, 0.05) is 13.1 Å². The fourth-order valence-corrected chi connectivity index (χ4v) is 2.91. The average Bonchev–Trinajstić information content (AvgIpc) is 2.97. The molecule has 0 N–H and O–H groups in total. The van der Waals surface area contributed by atoms with Crippen LogP contribution in [0.2, 0.25) is 0 Å². The summed E-state index contributed by atoms with van der Waals surface area (Å²) < 4.78 is 28.7. The molecule has 0 aromatic carbocycles. The van der Waals surface area contributed by atoms with Crippen molar-refractivity contribution in [1.29, 1.82) is 0 Å². The van der Waals surface area contributed by atoms with Crippen LogP contribution in [0.25, 0.3) is 0 Å².